The molecule has 1 aliphatic heterocycles. The highest BCUT2D eigenvalue weighted by Crippen LogP contribution is 2.33. The molecule has 0 N–H and O–H groups in total. The minimum atomic E-state index is 0.315. The van der Waals surface area contributed by atoms with E-state index in [-0.39, 0.29) is 0 Å². The zero-order chi connectivity index (χ0) is 6.85. The largest absolute Gasteiger partial charge is 0.287 e. The van der Waals surface area contributed by atoms with Gasteiger partial charge in [-0.25, -0.2) is 0 Å². The molecule has 1 heterocycles. The molecule has 1 aliphatic rings. The van der Waals surface area contributed by atoms with Gasteiger partial charge in [0.25, 0.3) is 0 Å². The third-order valence-corrected chi connectivity index (χ3v) is 4.46. The minimum Gasteiger partial charge on any atom is -0.287 e. The van der Waals surface area contributed by atoms with Gasteiger partial charge in [0.2, 0.25) is 0 Å². The summed E-state index contributed by atoms with van der Waals surface area (Å²) < 4.78 is 1.11. The van der Waals surface area contributed by atoms with Gasteiger partial charge < -0.3 is 0 Å². The quantitative estimate of drug-likeness (QED) is 0.528. The van der Waals surface area contributed by atoms with E-state index >= 15 is 0 Å². The van der Waals surface area contributed by atoms with Crippen LogP contribution in [0.25, 0.3) is 0 Å². The first-order valence-electron chi connectivity index (χ1n) is 3.00. The molecule has 1 fully saturated rings. The van der Waals surface area contributed by atoms with E-state index in [2.05, 4.69) is 22.6 Å². The number of carbonyl (C=O) groups excluding carboxylic acids is 1. The van der Waals surface area contributed by atoms with Gasteiger partial charge in [-0.05, 0) is 6.42 Å². The van der Waals surface area contributed by atoms with Crippen LogP contribution in [0.5, 0.6) is 0 Å². The molecule has 2 atom stereocenters. The Kier molecular flexibility index (Phi) is 2.82. The third-order valence-electron chi connectivity index (χ3n) is 1.47. The Balaban J connectivity index is 2.44. The average Bonchev–Trinajstić information content (AvgIpc) is 2.13. The van der Waals surface area contributed by atoms with Crippen LogP contribution in [0.2, 0.25) is 0 Å². The fraction of sp³-hybridized carbons (Fsp3) is 0.833. The number of carbonyl (C=O) groups is 1. The highest BCUT2D eigenvalue weighted by Gasteiger charge is 2.28. The second-order valence-corrected chi connectivity index (χ2v) is 4.54. The van der Waals surface area contributed by atoms with Crippen LogP contribution in [0.3, 0.4) is 0 Å². The molecule has 0 bridgehead atoms. The summed E-state index contributed by atoms with van der Waals surface area (Å²) in [6.45, 7) is 2.02. The van der Waals surface area contributed by atoms with Gasteiger partial charge in [-0.2, -0.15) is 0 Å². The first kappa shape index (κ1) is 7.85. The normalized spacial score (nSPS) is 35.6. The monoisotopic (exact) mass is 256 g/mol. The summed E-state index contributed by atoms with van der Waals surface area (Å²) in [7, 11) is 0. The Morgan fingerprint density at radius 2 is 2.56 bits per heavy atom. The molecule has 52 valence electrons. The van der Waals surface area contributed by atoms with Crippen LogP contribution < -0.4 is 0 Å². The predicted molar refractivity (Wildman–Crippen MR) is 49.1 cm³/mol. The van der Waals surface area contributed by atoms with E-state index in [4.69, 9.17) is 0 Å². The summed E-state index contributed by atoms with van der Waals surface area (Å²) in [5.41, 5.74) is 0. The predicted octanol–water partition coefficient (Wildman–Crippen LogP) is 2.09. The molecular weight excluding hydrogens is 247 g/mol. The lowest BCUT2D eigenvalue weighted by Crippen LogP contribution is -1.99. The van der Waals surface area contributed by atoms with Gasteiger partial charge in [-0.3, -0.25) is 4.79 Å². The van der Waals surface area contributed by atoms with Crippen molar-refractivity contribution in [2.45, 2.75) is 18.6 Å². The van der Waals surface area contributed by atoms with Crippen molar-refractivity contribution in [3.8, 4) is 0 Å². The maximum atomic E-state index is 10.9. The van der Waals surface area contributed by atoms with Crippen LogP contribution in [0.15, 0.2) is 0 Å². The van der Waals surface area contributed by atoms with Gasteiger partial charge in [0.15, 0.2) is 5.12 Å². The number of halogens is 1. The van der Waals surface area contributed by atoms with Crippen molar-refractivity contribution in [1.29, 1.82) is 0 Å². The Morgan fingerprint density at radius 3 is 2.78 bits per heavy atom. The first-order valence-corrected chi connectivity index (χ1v) is 5.41. The fourth-order valence-electron chi connectivity index (χ4n) is 0.914. The average molecular weight is 256 g/mol. The highest BCUT2D eigenvalue weighted by molar-refractivity contribution is 14.1. The van der Waals surface area contributed by atoms with Crippen LogP contribution >= 0.6 is 34.4 Å². The van der Waals surface area contributed by atoms with Crippen molar-refractivity contribution in [3.63, 3.8) is 0 Å². The number of rotatable bonds is 1. The molecule has 0 aromatic rings. The van der Waals surface area contributed by atoms with Crippen LogP contribution in [-0.2, 0) is 4.79 Å². The van der Waals surface area contributed by atoms with Gasteiger partial charge in [-0.1, -0.05) is 41.3 Å². The molecule has 0 aliphatic carbocycles. The van der Waals surface area contributed by atoms with E-state index in [0.717, 1.165) is 10.8 Å². The maximum Gasteiger partial charge on any atom is 0.192 e. The molecule has 3 heteroatoms. The van der Waals surface area contributed by atoms with Crippen molar-refractivity contribution in [1.82, 2.24) is 0 Å². The number of thioether (sulfide) groups is 1. The number of alkyl halides is 1. The van der Waals surface area contributed by atoms with Gasteiger partial charge in [-0.15, -0.1) is 0 Å². The summed E-state index contributed by atoms with van der Waals surface area (Å²) in [6.07, 6.45) is 1.09. The molecule has 0 radical (unpaired) electrons. The molecule has 1 rings (SSSR count). The van der Waals surface area contributed by atoms with Crippen molar-refractivity contribution in [3.05, 3.63) is 0 Å². The highest BCUT2D eigenvalue weighted by atomic mass is 127. The standard InChI is InChI=1S/C6H9IOS/c1-4-2-5(3-7)9-6(4)8/h4-5H,2-3H2,1H3/t4-,5+/m1/s1. The van der Waals surface area contributed by atoms with Crippen LogP contribution in [-0.4, -0.2) is 14.8 Å². The SMILES string of the molecule is C[C@@H]1C[C@@H](CI)SC1=O. The van der Waals surface area contributed by atoms with Crippen molar-refractivity contribution >= 4 is 39.5 Å². The van der Waals surface area contributed by atoms with E-state index in [1.165, 1.54) is 11.8 Å². The van der Waals surface area contributed by atoms with Gasteiger partial charge in [0, 0.05) is 15.6 Å². The molecule has 0 unspecified atom stereocenters. The first-order chi connectivity index (χ1) is 4.24. The summed E-state index contributed by atoms with van der Waals surface area (Å²) in [5, 5.41) is 0.991. The zero-order valence-electron chi connectivity index (χ0n) is 5.26. The topological polar surface area (TPSA) is 17.1 Å². The molecule has 1 saturated heterocycles. The summed E-state index contributed by atoms with van der Waals surface area (Å²) in [6, 6.07) is 0. The van der Waals surface area contributed by atoms with Crippen molar-refractivity contribution in [2.24, 2.45) is 5.92 Å². The molecule has 0 amide bonds. The lowest BCUT2D eigenvalue weighted by molar-refractivity contribution is -0.113. The van der Waals surface area contributed by atoms with Crippen LogP contribution in [0.1, 0.15) is 13.3 Å². The van der Waals surface area contributed by atoms with Crippen LogP contribution in [0.4, 0.5) is 0 Å². The van der Waals surface area contributed by atoms with E-state index in [1.54, 1.807) is 0 Å². The smallest absolute Gasteiger partial charge is 0.192 e. The number of hydrogen-bond acceptors (Lipinski definition) is 2. The minimum absolute atomic E-state index is 0.315. The third kappa shape index (κ3) is 1.83. The molecule has 1 nitrogen and oxygen atoms in total. The van der Waals surface area contributed by atoms with E-state index in [9.17, 15) is 4.79 Å². The van der Waals surface area contributed by atoms with E-state index in [0.29, 0.717) is 16.3 Å². The second-order valence-electron chi connectivity index (χ2n) is 2.35. The van der Waals surface area contributed by atoms with Crippen LogP contribution in [0, 0.1) is 5.92 Å². The molecule has 9 heavy (non-hydrogen) atoms. The number of hydrogen-bond donors (Lipinski definition) is 0. The summed E-state index contributed by atoms with van der Waals surface area (Å²) in [4.78, 5) is 10.9. The Bertz CT molecular complexity index is 126. The lowest BCUT2D eigenvalue weighted by Gasteiger charge is -1.98. The molecule has 0 saturated carbocycles. The van der Waals surface area contributed by atoms with E-state index in [1.807, 2.05) is 6.92 Å². The summed E-state index contributed by atoms with van der Waals surface area (Å²) in [5.74, 6) is 0.315. The lowest BCUT2D eigenvalue weighted by atomic mass is 10.1. The van der Waals surface area contributed by atoms with E-state index < -0.39 is 0 Å². The van der Waals surface area contributed by atoms with Crippen molar-refractivity contribution in [2.75, 3.05) is 4.43 Å². The summed E-state index contributed by atoms with van der Waals surface area (Å²) >= 11 is 3.86. The molecule has 0 spiro atoms. The fourth-order valence-corrected chi connectivity index (χ4v) is 2.92. The van der Waals surface area contributed by atoms with Gasteiger partial charge in [0.05, 0.1) is 0 Å². The Labute approximate surface area is 73.1 Å². The Hall–Kier alpha value is 0.750. The Morgan fingerprint density at radius 1 is 1.89 bits per heavy atom. The van der Waals surface area contributed by atoms with Gasteiger partial charge >= 0.3 is 0 Å². The zero-order valence-corrected chi connectivity index (χ0v) is 8.24. The molecular formula is C6H9IOS. The molecule has 0 aromatic heterocycles. The van der Waals surface area contributed by atoms with Gasteiger partial charge in [0.1, 0.15) is 0 Å². The second kappa shape index (κ2) is 3.23. The van der Waals surface area contributed by atoms with Crippen molar-refractivity contribution < 1.29 is 4.79 Å². The molecule has 0 aromatic carbocycles. The maximum absolute atomic E-state index is 10.9.